The molecule has 2 aromatic carbocycles. The summed E-state index contributed by atoms with van der Waals surface area (Å²) in [6, 6.07) is 17.2. The standard InChI is InChI=1S/C19H24N2O.ClH/c1-14-11-21(13-18(14)20)12-15-7-9-16(10-8-15)17-5-3-4-6-19(17)22-2;/h3-10,14,18H,11-13,20H2,1-2H3;1H. The van der Waals surface area contributed by atoms with Crippen LogP contribution >= 0.6 is 12.4 Å². The lowest BCUT2D eigenvalue weighted by atomic mass is 10.0. The number of ether oxygens (including phenoxy) is 1. The summed E-state index contributed by atoms with van der Waals surface area (Å²) < 4.78 is 5.44. The van der Waals surface area contributed by atoms with Crippen LogP contribution in [0.4, 0.5) is 0 Å². The minimum absolute atomic E-state index is 0. The molecule has 0 saturated carbocycles. The third-order valence-corrected chi connectivity index (χ3v) is 4.52. The first-order valence-electron chi connectivity index (χ1n) is 7.87. The van der Waals surface area contributed by atoms with Gasteiger partial charge in [0.25, 0.3) is 0 Å². The van der Waals surface area contributed by atoms with Crippen LogP contribution in [0.3, 0.4) is 0 Å². The lowest BCUT2D eigenvalue weighted by Crippen LogP contribution is -2.28. The molecule has 1 fully saturated rings. The van der Waals surface area contributed by atoms with Crippen LogP contribution in [0.5, 0.6) is 5.75 Å². The first-order valence-corrected chi connectivity index (χ1v) is 7.87. The molecule has 0 aromatic heterocycles. The highest BCUT2D eigenvalue weighted by atomic mass is 35.5. The van der Waals surface area contributed by atoms with Gasteiger partial charge in [0.2, 0.25) is 0 Å². The maximum atomic E-state index is 6.10. The quantitative estimate of drug-likeness (QED) is 0.930. The monoisotopic (exact) mass is 332 g/mol. The molecular weight excluding hydrogens is 308 g/mol. The summed E-state index contributed by atoms with van der Waals surface area (Å²) in [5.74, 6) is 1.50. The van der Waals surface area contributed by atoms with Gasteiger partial charge in [-0.15, -0.1) is 12.4 Å². The number of methoxy groups -OCH3 is 1. The molecule has 0 bridgehead atoms. The average molecular weight is 333 g/mol. The first-order chi connectivity index (χ1) is 10.7. The van der Waals surface area contributed by atoms with Crippen LogP contribution in [0.2, 0.25) is 0 Å². The van der Waals surface area contributed by atoms with Crippen molar-refractivity contribution in [2.75, 3.05) is 20.2 Å². The fraction of sp³-hybridized carbons (Fsp3) is 0.368. The minimum Gasteiger partial charge on any atom is -0.496 e. The van der Waals surface area contributed by atoms with E-state index in [0.29, 0.717) is 12.0 Å². The van der Waals surface area contributed by atoms with E-state index in [2.05, 4.69) is 42.2 Å². The Morgan fingerprint density at radius 2 is 1.78 bits per heavy atom. The molecule has 2 unspecified atom stereocenters. The van der Waals surface area contributed by atoms with Crippen LogP contribution < -0.4 is 10.5 Å². The van der Waals surface area contributed by atoms with Crippen molar-refractivity contribution in [2.24, 2.45) is 11.7 Å². The van der Waals surface area contributed by atoms with Crippen LogP contribution in [0, 0.1) is 5.92 Å². The number of halogens is 1. The van der Waals surface area contributed by atoms with E-state index in [0.717, 1.165) is 30.9 Å². The lowest BCUT2D eigenvalue weighted by Gasteiger charge is -2.16. The molecule has 0 spiro atoms. The summed E-state index contributed by atoms with van der Waals surface area (Å²) >= 11 is 0. The summed E-state index contributed by atoms with van der Waals surface area (Å²) in [6.07, 6.45) is 0. The Kier molecular flexibility index (Phi) is 6.05. The number of hydrogen-bond donors (Lipinski definition) is 1. The lowest BCUT2D eigenvalue weighted by molar-refractivity contribution is 0.319. The van der Waals surface area contributed by atoms with Gasteiger partial charge < -0.3 is 10.5 Å². The van der Waals surface area contributed by atoms with Crippen molar-refractivity contribution in [3.63, 3.8) is 0 Å². The Bertz CT molecular complexity index is 620. The molecule has 2 atom stereocenters. The Hall–Kier alpha value is -1.55. The van der Waals surface area contributed by atoms with Crippen LogP contribution in [-0.2, 0) is 6.54 Å². The zero-order chi connectivity index (χ0) is 15.5. The second-order valence-corrected chi connectivity index (χ2v) is 6.23. The van der Waals surface area contributed by atoms with E-state index in [1.54, 1.807) is 7.11 Å². The molecular formula is C19H25ClN2O. The topological polar surface area (TPSA) is 38.5 Å². The molecule has 3 nitrogen and oxygen atoms in total. The van der Waals surface area contributed by atoms with Crippen molar-refractivity contribution < 1.29 is 4.74 Å². The molecule has 0 aliphatic carbocycles. The van der Waals surface area contributed by atoms with Crippen molar-refractivity contribution in [1.82, 2.24) is 4.90 Å². The van der Waals surface area contributed by atoms with Crippen molar-refractivity contribution in [3.05, 3.63) is 54.1 Å². The second-order valence-electron chi connectivity index (χ2n) is 6.23. The van der Waals surface area contributed by atoms with Crippen molar-refractivity contribution >= 4 is 12.4 Å². The van der Waals surface area contributed by atoms with E-state index in [4.69, 9.17) is 10.5 Å². The Balaban J connectivity index is 0.00000192. The summed E-state index contributed by atoms with van der Waals surface area (Å²) in [5.41, 5.74) is 9.75. The molecule has 3 rings (SSSR count). The molecule has 0 radical (unpaired) electrons. The maximum Gasteiger partial charge on any atom is 0.126 e. The minimum atomic E-state index is 0. The average Bonchev–Trinajstić information content (AvgIpc) is 2.86. The van der Waals surface area contributed by atoms with Gasteiger partial charge in [0.1, 0.15) is 5.75 Å². The van der Waals surface area contributed by atoms with Crippen molar-refractivity contribution in [2.45, 2.75) is 19.5 Å². The number of likely N-dealkylation sites (tertiary alicyclic amines) is 1. The molecule has 4 heteroatoms. The van der Waals surface area contributed by atoms with Crippen molar-refractivity contribution in [3.8, 4) is 16.9 Å². The fourth-order valence-electron chi connectivity index (χ4n) is 3.16. The third kappa shape index (κ3) is 4.05. The predicted molar refractivity (Wildman–Crippen MR) is 98.1 cm³/mol. The summed E-state index contributed by atoms with van der Waals surface area (Å²) in [6.45, 7) is 5.30. The smallest absolute Gasteiger partial charge is 0.126 e. The molecule has 0 amide bonds. The number of benzene rings is 2. The number of nitrogens with two attached hydrogens (primary N) is 1. The van der Waals surface area contributed by atoms with Crippen molar-refractivity contribution in [1.29, 1.82) is 0 Å². The Morgan fingerprint density at radius 1 is 1.09 bits per heavy atom. The van der Waals surface area contributed by atoms with Gasteiger partial charge in [0.15, 0.2) is 0 Å². The van der Waals surface area contributed by atoms with Gasteiger partial charge in [-0.05, 0) is 23.1 Å². The van der Waals surface area contributed by atoms with Crippen LogP contribution in [0.15, 0.2) is 48.5 Å². The molecule has 1 heterocycles. The SMILES string of the molecule is COc1ccccc1-c1ccc(CN2CC(C)C(N)C2)cc1.Cl. The van der Waals surface area contributed by atoms with E-state index in [1.807, 2.05) is 18.2 Å². The number of para-hydroxylation sites is 1. The Morgan fingerprint density at radius 3 is 2.39 bits per heavy atom. The van der Waals surface area contributed by atoms with Gasteiger partial charge in [-0.2, -0.15) is 0 Å². The normalized spacial score (nSPS) is 21.0. The van der Waals surface area contributed by atoms with Gasteiger partial charge in [0, 0.05) is 31.2 Å². The molecule has 1 aliphatic rings. The number of rotatable bonds is 4. The summed E-state index contributed by atoms with van der Waals surface area (Å²) in [7, 11) is 1.71. The number of nitrogens with zero attached hydrogens (tertiary/aromatic N) is 1. The van der Waals surface area contributed by atoms with E-state index < -0.39 is 0 Å². The number of hydrogen-bond acceptors (Lipinski definition) is 3. The van der Waals surface area contributed by atoms with Gasteiger partial charge in [-0.1, -0.05) is 49.4 Å². The first kappa shape index (κ1) is 17.8. The second kappa shape index (κ2) is 7.82. The maximum absolute atomic E-state index is 6.10. The van der Waals surface area contributed by atoms with E-state index in [9.17, 15) is 0 Å². The van der Waals surface area contributed by atoms with Gasteiger partial charge >= 0.3 is 0 Å². The summed E-state index contributed by atoms with van der Waals surface area (Å²) in [5, 5.41) is 0. The Labute approximate surface area is 144 Å². The molecule has 2 aromatic rings. The van der Waals surface area contributed by atoms with E-state index in [1.165, 1.54) is 11.1 Å². The highest BCUT2D eigenvalue weighted by Gasteiger charge is 2.26. The third-order valence-electron chi connectivity index (χ3n) is 4.52. The fourth-order valence-corrected chi connectivity index (χ4v) is 3.16. The van der Waals surface area contributed by atoms with Gasteiger partial charge in [-0.3, -0.25) is 4.90 Å². The molecule has 1 saturated heterocycles. The summed E-state index contributed by atoms with van der Waals surface area (Å²) in [4.78, 5) is 2.44. The predicted octanol–water partition coefficient (Wildman–Crippen LogP) is 3.56. The van der Waals surface area contributed by atoms with Gasteiger partial charge in [0.05, 0.1) is 7.11 Å². The van der Waals surface area contributed by atoms with Gasteiger partial charge in [-0.25, -0.2) is 0 Å². The zero-order valence-corrected chi connectivity index (χ0v) is 14.6. The molecule has 124 valence electrons. The molecule has 2 N–H and O–H groups in total. The van der Waals surface area contributed by atoms with Crippen LogP contribution in [0.25, 0.3) is 11.1 Å². The van der Waals surface area contributed by atoms with E-state index in [-0.39, 0.29) is 12.4 Å². The molecule has 1 aliphatic heterocycles. The van der Waals surface area contributed by atoms with E-state index >= 15 is 0 Å². The largest absolute Gasteiger partial charge is 0.496 e. The van der Waals surface area contributed by atoms with Crippen LogP contribution in [0.1, 0.15) is 12.5 Å². The molecule has 23 heavy (non-hydrogen) atoms. The highest BCUT2D eigenvalue weighted by molar-refractivity contribution is 5.85. The highest BCUT2D eigenvalue weighted by Crippen LogP contribution is 2.29. The zero-order valence-electron chi connectivity index (χ0n) is 13.7. The van der Waals surface area contributed by atoms with Crippen LogP contribution in [-0.4, -0.2) is 31.1 Å².